The van der Waals surface area contributed by atoms with Crippen molar-refractivity contribution in [2.75, 3.05) is 6.61 Å². The Labute approximate surface area is 92.2 Å². The number of nitrogens with two attached hydrogens (primary N) is 1. The Morgan fingerprint density at radius 2 is 2.19 bits per heavy atom. The zero-order valence-corrected chi connectivity index (χ0v) is 8.75. The zero-order valence-electron chi connectivity index (χ0n) is 8.75. The number of nitro benzene ring substituents is 1. The van der Waals surface area contributed by atoms with Crippen LogP contribution < -0.4 is 5.73 Å². The summed E-state index contributed by atoms with van der Waals surface area (Å²) in [6.45, 7) is 1.76. The van der Waals surface area contributed by atoms with Crippen LogP contribution in [0.2, 0.25) is 0 Å². The number of hydrogen-bond donors (Lipinski definition) is 1. The van der Waals surface area contributed by atoms with E-state index in [9.17, 15) is 14.9 Å². The summed E-state index contributed by atoms with van der Waals surface area (Å²) in [6.07, 6.45) is -0.884. The number of amides is 1. The molecular weight excluding hydrogens is 212 g/mol. The van der Waals surface area contributed by atoms with Crippen LogP contribution in [0.4, 0.5) is 10.5 Å². The Morgan fingerprint density at radius 1 is 1.56 bits per heavy atom. The van der Waals surface area contributed by atoms with Gasteiger partial charge in [-0.3, -0.25) is 10.1 Å². The normalized spacial score (nSPS) is 11.8. The molecule has 2 N–H and O–H groups in total. The second-order valence-electron chi connectivity index (χ2n) is 3.35. The molecule has 1 atom stereocenters. The molecule has 1 unspecified atom stereocenters. The van der Waals surface area contributed by atoms with Crippen LogP contribution >= 0.6 is 0 Å². The van der Waals surface area contributed by atoms with Gasteiger partial charge in [0.25, 0.3) is 5.69 Å². The number of carbonyl (C=O) groups excluding carboxylic acids is 1. The number of hydrogen-bond acceptors (Lipinski definition) is 4. The molecule has 6 nitrogen and oxygen atoms in total. The van der Waals surface area contributed by atoms with Crippen LogP contribution in [0.25, 0.3) is 0 Å². The quantitative estimate of drug-likeness (QED) is 0.622. The molecule has 0 spiro atoms. The maximum Gasteiger partial charge on any atom is 0.404 e. The van der Waals surface area contributed by atoms with Gasteiger partial charge in [-0.1, -0.05) is 25.1 Å². The van der Waals surface area contributed by atoms with Gasteiger partial charge in [-0.05, 0) is 0 Å². The lowest BCUT2D eigenvalue weighted by Crippen LogP contribution is -2.17. The molecule has 0 aromatic heterocycles. The maximum absolute atomic E-state index is 10.7. The number of carbonyl (C=O) groups is 1. The zero-order chi connectivity index (χ0) is 12.1. The molecule has 0 saturated heterocycles. The lowest BCUT2D eigenvalue weighted by atomic mass is 10.0. The summed E-state index contributed by atoms with van der Waals surface area (Å²) in [5.74, 6) is -0.269. The molecule has 6 heteroatoms. The smallest absolute Gasteiger partial charge is 0.404 e. The Morgan fingerprint density at radius 3 is 2.75 bits per heavy atom. The maximum atomic E-state index is 10.7. The van der Waals surface area contributed by atoms with Crippen molar-refractivity contribution < 1.29 is 14.5 Å². The third-order valence-electron chi connectivity index (χ3n) is 2.14. The predicted molar refractivity (Wildman–Crippen MR) is 57.0 cm³/mol. The summed E-state index contributed by atoms with van der Waals surface area (Å²) >= 11 is 0. The van der Waals surface area contributed by atoms with Crippen molar-refractivity contribution in [2.24, 2.45) is 5.73 Å². The summed E-state index contributed by atoms with van der Waals surface area (Å²) < 4.78 is 4.61. The highest BCUT2D eigenvalue weighted by molar-refractivity contribution is 5.64. The van der Waals surface area contributed by atoms with Gasteiger partial charge in [0.1, 0.15) is 6.61 Å². The first kappa shape index (κ1) is 12.0. The highest BCUT2D eigenvalue weighted by Crippen LogP contribution is 2.26. The lowest BCUT2D eigenvalue weighted by molar-refractivity contribution is -0.385. The van der Waals surface area contributed by atoms with Crippen LogP contribution in [0, 0.1) is 10.1 Å². The number of primary amides is 1. The lowest BCUT2D eigenvalue weighted by Gasteiger charge is -2.11. The monoisotopic (exact) mass is 224 g/mol. The van der Waals surface area contributed by atoms with Gasteiger partial charge in [-0.25, -0.2) is 4.79 Å². The van der Waals surface area contributed by atoms with Crippen molar-refractivity contribution in [1.29, 1.82) is 0 Å². The number of para-hydroxylation sites is 1. The molecule has 0 aliphatic rings. The average Bonchev–Trinajstić information content (AvgIpc) is 2.25. The fourth-order valence-corrected chi connectivity index (χ4v) is 1.37. The van der Waals surface area contributed by atoms with Crippen molar-refractivity contribution in [3.05, 3.63) is 39.9 Å². The minimum atomic E-state index is -0.884. The molecule has 0 fully saturated rings. The van der Waals surface area contributed by atoms with Gasteiger partial charge in [-0.2, -0.15) is 0 Å². The van der Waals surface area contributed by atoms with E-state index in [1.165, 1.54) is 6.07 Å². The van der Waals surface area contributed by atoms with E-state index in [0.29, 0.717) is 5.56 Å². The first-order chi connectivity index (χ1) is 7.52. The minimum absolute atomic E-state index is 0.0167. The van der Waals surface area contributed by atoms with E-state index in [4.69, 9.17) is 5.73 Å². The Bertz CT molecular complexity index is 406. The number of benzene rings is 1. The van der Waals surface area contributed by atoms with Crippen molar-refractivity contribution in [2.45, 2.75) is 12.8 Å². The van der Waals surface area contributed by atoms with Crippen molar-refractivity contribution >= 4 is 11.8 Å². The van der Waals surface area contributed by atoms with Crippen LogP contribution in [0.5, 0.6) is 0 Å². The molecule has 0 aliphatic carbocycles. The largest absolute Gasteiger partial charge is 0.449 e. The number of ether oxygens (including phenoxy) is 1. The molecular formula is C10H12N2O4. The van der Waals surface area contributed by atoms with Gasteiger partial charge in [0.2, 0.25) is 0 Å². The molecule has 0 bridgehead atoms. The van der Waals surface area contributed by atoms with E-state index >= 15 is 0 Å². The van der Waals surface area contributed by atoms with Gasteiger partial charge in [0.15, 0.2) is 0 Å². The van der Waals surface area contributed by atoms with Crippen molar-refractivity contribution in [3.8, 4) is 0 Å². The van der Waals surface area contributed by atoms with E-state index in [1.54, 1.807) is 25.1 Å². The molecule has 0 radical (unpaired) electrons. The second kappa shape index (κ2) is 5.11. The molecule has 0 heterocycles. The molecule has 1 amide bonds. The molecule has 1 rings (SSSR count). The van der Waals surface area contributed by atoms with E-state index in [-0.39, 0.29) is 18.2 Å². The third kappa shape index (κ3) is 2.94. The van der Waals surface area contributed by atoms with Gasteiger partial charge < -0.3 is 10.5 Å². The minimum Gasteiger partial charge on any atom is -0.449 e. The van der Waals surface area contributed by atoms with E-state index in [2.05, 4.69) is 4.74 Å². The average molecular weight is 224 g/mol. The summed E-state index contributed by atoms with van der Waals surface area (Å²) in [7, 11) is 0. The third-order valence-corrected chi connectivity index (χ3v) is 2.14. The standard InChI is InChI=1S/C10H12N2O4/c1-7(6-16-10(11)13)8-4-2-3-5-9(8)12(14)15/h2-5,7H,6H2,1H3,(H2,11,13). The first-order valence-electron chi connectivity index (χ1n) is 4.68. The number of nitrogens with zero attached hydrogens (tertiary/aromatic N) is 1. The van der Waals surface area contributed by atoms with Gasteiger partial charge in [-0.15, -0.1) is 0 Å². The molecule has 0 saturated carbocycles. The molecule has 16 heavy (non-hydrogen) atoms. The van der Waals surface area contributed by atoms with Crippen LogP contribution in [0.1, 0.15) is 18.4 Å². The van der Waals surface area contributed by atoms with Crippen LogP contribution in [-0.4, -0.2) is 17.6 Å². The fourth-order valence-electron chi connectivity index (χ4n) is 1.37. The van der Waals surface area contributed by atoms with E-state index < -0.39 is 11.0 Å². The van der Waals surface area contributed by atoms with Crippen LogP contribution in [0.15, 0.2) is 24.3 Å². The van der Waals surface area contributed by atoms with E-state index in [0.717, 1.165) is 0 Å². The predicted octanol–water partition coefficient (Wildman–Crippen LogP) is 1.79. The molecule has 0 aliphatic heterocycles. The fraction of sp³-hybridized carbons (Fsp3) is 0.300. The topological polar surface area (TPSA) is 95.5 Å². The summed E-state index contributed by atoms with van der Waals surface area (Å²) in [4.78, 5) is 20.7. The van der Waals surface area contributed by atoms with Gasteiger partial charge in [0.05, 0.1) is 4.92 Å². The second-order valence-corrected chi connectivity index (χ2v) is 3.35. The SMILES string of the molecule is CC(COC(N)=O)c1ccccc1[N+](=O)[O-]. The number of rotatable bonds is 4. The van der Waals surface area contributed by atoms with Crippen molar-refractivity contribution in [1.82, 2.24) is 0 Å². The summed E-state index contributed by atoms with van der Waals surface area (Å²) in [6, 6.07) is 6.33. The molecule has 1 aromatic carbocycles. The number of nitro groups is 1. The highest BCUT2D eigenvalue weighted by Gasteiger charge is 2.18. The molecule has 86 valence electrons. The van der Waals surface area contributed by atoms with Gasteiger partial charge in [0, 0.05) is 17.5 Å². The van der Waals surface area contributed by atoms with Gasteiger partial charge >= 0.3 is 6.09 Å². The Kier molecular flexibility index (Phi) is 3.82. The first-order valence-corrected chi connectivity index (χ1v) is 4.68. The molecule has 1 aromatic rings. The Hall–Kier alpha value is -2.11. The highest BCUT2D eigenvalue weighted by atomic mass is 16.6. The summed E-state index contributed by atoms with van der Waals surface area (Å²) in [5, 5.41) is 10.7. The van der Waals surface area contributed by atoms with Crippen LogP contribution in [0.3, 0.4) is 0 Å². The summed E-state index contributed by atoms with van der Waals surface area (Å²) in [5.41, 5.74) is 5.36. The van der Waals surface area contributed by atoms with Crippen molar-refractivity contribution in [3.63, 3.8) is 0 Å². The van der Waals surface area contributed by atoms with E-state index in [1.807, 2.05) is 0 Å². The van der Waals surface area contributed by atoms with Crippen LogP contribution in [-0.2, 0) is 4.74 Å². The Balaban J connectivity index is 2.85.